The van der Waals surface area contributed by atoms with Crippen molar-refractivity contribution >= 4 is 12.2 Å². The number of methoxy groups -OCH3 is 1. The molecule has 0 aliphatic carbocycles. The molecule has 1 N–H and O–H groups in total. The number of carbonyl (C=O) groups excluding carboxylic acids is 2. The van der Waals surface area contributed by atoms with Crippen LogP contribution >= 0.6 is 0 Å². The molecule has 1 heterocycles. The maximum absolute atomic E-state index is 12.0. The molecule has 3 rings (SSSR count). The van der Waals surface area contributed by atoms with Crippen molar-refractivity contribution in [3.63, 3.8) is 0 Å². The highest BCUT2D eigenvalue weighted by atomic mass is 16.5. The zero-order valence-electron chi connectivity index (χ0n) is 16.8. The second-order valence-electron chi connectivity index (χ2n) is 7.35. The topological polar surface area (TPSA) is 67.9 Å². The van der Waals surface area contributed by atoms with Crippen molar-refractivity contribution in [2.45, 2.75) is 19.4 Å². The third-order valence-corrected chi connectivity index (χ3v) is 5.25. The second kappa shape index (κ2) is 10.6. The molecule has 1 aliphatic rings. The summed E-state index contributed by atoms with van der Waals surface area (Å²) in [4.78, 5) is 25.1. The minimum absolute atomic E-state index is 0.0171. The Kier molecular flexibility index (Phi) is 7.64. The third kappa shape index (κ3) is 6.61. The Hall–Kier alpha value is -2.86. The summed E-state index contributed by atoms with van der Waals surface area (Å²) in [5.41, 5.74) is 1.87. The van der Waals surface area contributed by atoms with Crippen molar-refractivity contribution in [3.05, 3.63) is 59.7 Å². The minimum Gasteiger partial charge on any atom is -0.497 e. The molecule has 29 heavy (non-hydrogen) atoms. The molecule has 0 saturated carbocycles. The summed E-state index contributed by atoms with van der Waals surface area (Å²) >= 11 is 0. The van der Waals surface area contributed by atoms with Crippen molar-refractivity contribution in [2.24, 2.45) is 5.92 Å². The third-order valence-electron chi connectivity index (χ3n) is 5.25. The molecule has 0 spiro atoms. The zero-order chi connectivity index (χ0) is 20.5. The van der Waals surface area contributed by atoms with Gasteiger partial charge in [-0.05, 0) is 73.8 Å². The molecular formula is C23H28N2O4. The standard InChI is InChI=1S/C23H28N2O4/c1-28-21-6-2-19(3-7-21)15-25-12-10-18(11-13-25)14-24-23(27)17-29-22-8-4-20(16-26)5-9-22/h2-9,16,18H,10-15,17H2,1H3,(H,24,27). The number of piperidine rings is 1. The Morgan fingerprint density at radius 3 is 2.34 bits per heavy atom. The lowest BCUT2D eigenvalue weighted by Crippen LogP contribution is -2.39. The molecule has 0 aromatic heterocycles. The number of nitrogens with zero attached hydrogens (tertiary/aromatic N) is 1. The van der Waals surface area contributed by atoms with Crippen LogP contribution in [0.15, 0.2) is 48.5 Å². The van der Waals surface area contributed by atoms with Gasteiger partial charge < -0.3 is 14.8 Å². The summed E-state index contributed by atoms with van der Waals surface area (Å²) in [5.74, 6) is 1.84. The molecule has 1 aliphatic heterocycles. The lowest BCUT2D eigenvalue weighted by atomic mass is 9.96. The van der Waals surface area contributed by atoms with E-state index in [9.17, 15) is 9.59 Å². The number of nitrogens with one attached hydrogen (secondary N) is 1. The number of amides is 1. The lowest BCUT2D eigenvalue weighted by Gasteiger charge is -2.32. The summed E-state index contributed by atoms with van der Waals surface area (Å²) < 4.78 is 10.7. The van der Waals surface area contributed by atoms with Gasteiger partial charge in [0.2, 0.25) is 0 Å². The summed E-state index contributed by atoms with van der Waals surface area (Å²) in [6, 6.07) is 14.9. The first-order chi connectivity index (χ1) is 14.2. The van der Waals surface area contributed by atoms with Gasteiger partial charge in [0.25, 0.3) is 5.91 Å². The molecule has 2 aromatic rings. The first kappa shape index (κ1) is 20.9. The van der Waals surface area contributed by atoms with Gasteiger partial charge in [0.05, 0.1) is 7.11 Å². The molecule has 2 aromatic carbocycles. The van der Waals surface area contributed by atoms with E-state index in [1.807, 2.05) is 12.1 Å². The van der Waals surface area contributed by atoms with Crippen LogP contribution in [-0.4, -0.2) is 50.4 Å². The van der Waals surface area contributed by atoms with Crippen molar-refractivity contribution in [2.75, 3.05) is 33.4 Å². The number of carbonyl (C=O) groups is 2. The van der Waals surface area contributed by atoms with Gasteiger partial charge in [0, 0.05) is 18.7 Å². The van der Waals surface area contributed by atoms with Crippen LogP contribution < -0.4 is 14.8 Å². The molecule has 6 heteroatoms. The van der Waals surface area contributed by atoms with Gasteiger partial charge in [-0.25, -0.2) is 0 Å². The van der Waals surface area contributed by atoms with E-state index in [1.54, 1.807) is 31.4 Å². The van der Waals surface area contributed by atoms with E-state index < -0.39 is 0 Å². The highest BCUT2D eigenvalue weighted by Gasteiger charge is 2.19. The van der Waals surface area contributed by atoms with Crippen LogP contribution in [0, 0.1) is 5.92 Å². The van der Waals surface area contributed by atoms with Gasteiger partial charge in [-0.15, -0.1) is 0 Å². The van der Waals surface area contributed by atoms with Crippen LogP contribution in [0.25, 0.3) is 0 Å². The minimum atomic E-state index is -0.120. The summed E-state index contributed by atoms with van der Waals surface area (Å²) in [5, 5.41) is 2.97. The number of hydrogen-bond acceptors (Lipinski definition) is 5. The molecular weight excluding hydrogens is 368 g/mol. The number of benzene rings is 2. The van der Waals surface area contributed by atoms with E-state index >= 15 is 0 Å². The van der Waals surface area contributed by atoms with Crippen LogP contribution in [-0.2, 0) is 11.3 Å². The van der Waals surface area contributed by atoms with E-state index in [0.29, 0.717) is 23.8 Å². The summed E-state index contributed by atoms with van der Waals surface area (Å²) in [6.45, 7) is 3.68. The largest absolute Gasteiger partial charge is 0.497 e. The van der Waals surface area contributed by atoms with E-state index in [0.717, 1.165) is 44.5 Å². The van der Waals surface area contributed by atoms with Crippen LogP contribution in [0.2, 0.25) is 0 Å². The fraction of sp³-hybridized carbons (Fsp3) is 0.391. The smallest absolute Gasteiger partial charge is 0.257 e. The average molecular weight is 396 g/mol. The van der Waals surface area contributed by atoms with Crippen molar-refractivity contribution in [1.29, 1.82) is 0 Å². The van der Waals surface area contributed by atoms with Gasteiger partial charge in [0.15, 0.2) is 6.61 Å². The Morgan fingerprint density at radius 2 is 1.72 bits per heavy atom. The van der Waals surface area contributed by atoms with Crippen molar-refractivity contribution in [3.8, 4) is 11.5 Å². The van der Waals surface area contributed by atoms with Gasteiger partial charge in [-0.3, -0.25) is 14.5 Å². The fourth-order valence-electron chi connectivity index (χ4n) is 3.44. The van der Waals surface area contributed by atoms with Crippen molar-refractivity contribution < 1.29 is 19.1 Å². The SMILES string of the molecule is COc1ccc(CN2CCC(CNC(=O)COc3ccc(C=O)cc3)CC2)cc1. The normalized spacial score (nSPS) is 14.9. The van der Waals surface area contributed by atoms with Gasteiger partial charge >= 0.3 is 0 Å². The van der Waals surface area contributed by atoms with Crippen LogP contribution in [0.5, 0.6) is 11.5 Å². The molecule has 154 valence electrons. The highest BCUT2D eigenvalue weighted by Crippen LogP contribution is 2.19. The molecule has 1 saturated heterocycles. The van der Waals surface area contributed by atoms with Crippen LogP contribution in [0.3, 0.4) is 0 Å². The van der Waals surface area contributed by atoms with Gasteiger partial charge in [-0.1, -0.05) is 12.1 Å². The Bertz CT molecular complexity index is 782. The van der Waals surface area contributed by atoms with E-state index in [4.69, 9.17) is 9.47 Å². The first-order valence-electron chi connectivity index (χ1n) is 9.96. The number of rotatable bonds is 9. The van der Waals surface area contributed by atoms with Crippen LogP contribution in [0.1, 0.15) is 28.8 Å². The second-order valence-corrected chi connectivity index (χ2v) is 7.35. The number of ether oxygens (including phenoxy) is 2. The van der Waals surface area contributed by atoms with Gasteiger partial charge in [-0.2, -0.15) is 0 Å². The highest BCUT2D eigenvalue weighted by molar-refractivity contribution is 5.77. The van der Waals surface area contributed by atoms with Crippen LogP contribution in [0.4, 0.5) is 0 Å². The quantitative estimate of drug-likeness (QED) is 0.660. The van der Waals surface area contributed by atoms with E-state index in [2.05, 4.69) is 22.3 Å². The molecule has 0 radical (unpaired) electrons. The molecule has 0 bridgehead atoms. The molecule has 0 unspecified atom stereocenters. The maximum Gasteiger partial charge on any atom is 0.257 e. The maximum atomic E-state index is 12.0. The number of likely N-dealkylation sites (tertiary alicyclic amines) is 1. The van der Waals surface area contributed by atoms with Crippen molar-refractivity contribution in [1.82, 2.24) is 10.2 Å². The molecule has 1 amide bonds. The fourth-order valence-corrected chi connectivity index (χ4v) is 3.44. The Morgan fingerprint density at radius 1 is 1.07 bits per heavy atom. The summed E-state index contributed by atoms with van der Waals surface area (Å²) in [6.07, 6.45) is 2.92. The molecule has 6 nitrogen and oxygen atoms in total. The predicted octanol–water partition coefficient (Wildman–Crippen LogP) is 2.91. The monoisotopic (exact) mass is 396 g/mol. The van der Waals surface area contributed by atoms with Gasteiger partial charge in [0.1, 0.15) is 17.8 Å². The Balaban J connectivity index is 1.32. The van der Waals surface area contributed by atoms with E-state index in [1.165, 1.54) is 5.56 Å². The summed E-state index contributed by atoms with van der Waals surface area (Å²) in [7, 11) is 1.68. The predicted molar refractivity (Wildman–Crippen MR) is 111 cm³/mol. The Labute approximate surface area is 171 Å². The molecule has 1 fully saturated rings. The lowest BCUT2D eigenvalue weighted by molar-refractivity contribution is -0.123. The average Bonchev–Trinajstić information content (AvgIpc) is 2.78. The molecule has 0 atom stereocenters. The number of hydrogen-bond donors (Lipinski definition) is 1. The van der Waals surface area contributed by atoms with E-state index in [-0.39, 0.29) is 12.5 Å². The first-order valence-corrected chi connectivity index (χ1v) is 9.96. The number of aldehydes is 1. The zero-order valence-corrected chi connectivity index (χ0v) is 16.8.